The lowest BCUT2D eigenvalue weighted by molar-refractivity contribution is -0.120. The monoisotopic (exact) mass is 358 g/mol. The summed E-state index contributed by atoms with van der Waals surface area (Å²) in [7, 11) is 0. The average Bonchev–Trinajstić information content (AvgIpc) is 3.06. The van der Waals surface area contributed by atoms with Gasteiger partial charge in [-0.25, -0.2) is 4.39 Å². The number of aryl methyl sites for hydroxylation is 1. The van der Waals surface area contributed by atoms with Gasteiger partial charge in [-0.2, -0.15) is 0 Å². The highest BCUT2D eigenvalue weighted by Gasteiger charge is 2.13. The second kappa shape index (κ2) is 7.49. The van der Waals surface area contributed by atoms with E-state index in [1.807, 2.05) is 31.2 Å². The quantitative estimate of drug-likeness (QED) is 0.739. The van der Waals surface area contributed by atoms with Gasteiger partial charge in [0, 0.05) is 22.2 Å². The Morgan fingerprint density at radius 1 is 1.24 bits per heavy atom. The number of aromatic nitrogens is 1. The predicted octanol–water partition coefficient (Wildman–Crippen LogP) is 4.30. The maximum Gasteiger partial charge on any atom is 0.224 e. The minimum atomic E-state index is -0.495. The Morgan fingerprint density at radius 3 is 2.72 bits per heavy atom. The van der Waals surface area contributed by atoms with Gasteiger partial charge in [0.1, 0.15) is 11.5 Å². The van der Waals surface area contributed by atoms with Crippen molar-refractivity contribution in [2.45, 2.75) is 19.9 Å². The summed E-state index contributed by atoms with van der Waals surface area (Å²) in [5.74, 6) is -0.209. The molecule has 0 aliphatic heterocycles. The van der Waals surface area contributed by atoms with E-state index in [1.165, 1.54) is 12.1 Å². The molecule has 0 aliphatic rings. The van der Waals surface area contributed by atoms with E-state index in [0.717, 1.165) is 11.1 Å². The van der Waals surface area contributed by atoms with E-state index in [2.05, 4.69) is 10.5 Å². The van der Waals surface area contributed by atoms with E-state index in [0.29, 0.717) is 11.5 Å². The second-order valence-corrected chi connectivity index (χ2v) is 6.11. The second-order valence-electron chi connectivity index (χ2n) is 5.70. The Morgan fingerprint density at radius 2 is 2.00 bits per heavy atom. The van der Waals surface area contributed by atoms with Gasteiger partial charge >= 0.3 is 0 Å². The molecule has 1 N–H and O–H groups in total. The number of halogens is 2. The lowest BCUT2D eigenvalue weighted by atomic mass is 10.1. The van der Waals surface area contributed by atoms with Crippen molar-refractivity contribution in [1.82, 2.24) is 10.5 Å². The Kier molecular flexibility index (Phi) is 5.14. The molecular formula is C19H16ClFN2O2. The van der Waals surface area contributed by atoms with Gasteiger partial charge in [0.2, 0.25) is 5.91 Å². The molecule has 6 heteroatoms. The van der Waals surface area contributed by atoms with Crippen LogP contribution in [0, 0.1) is 12.7 Å². The van der Waals surface area contributed by atoms with Crippen LogP contribution in [0.5, 0.6) is 0 Å². The number of carbonyl (C=O) groups excluding carboxylic acids is 1. The maximum absolute atomic E-state index is 13.7. The molecule has 3 rings (SSSR count). The summed E-state index contributed by atoms with van der Waals surface area (Å²) in [6.07, 6.45) is -0.131. The van der Waals surface area contributed by atoms with Crippen molar-refractivity contribution in [3.63, 3.8) is 0 Å². The summed E-state index contributed by atoms with van der Waals surface area (Å²) in [5.41, 5.74) is 2.84. The van der Waals surface area contributed by atoms with Crippen LogP contribution in [-0.2, 0) is 17.8 Å². The highest BCUT2D eigenvalue weighted by molar-refractivity contribution is 6.31. The van der Waals surface area contributed by atoms with E-state index in [4.69, 9.17) is 16.1 Å². The SMILES string of the molecule is Cc1ccc(-c2cc(CNC(=O)Cc3c(F)cccc3Cl)no2)cc1. The number of nitrogens with zero attached hydrogens (tertiary/aromatic N) is 1. The fourth-order valence-corrected chi connectivity index (χ4v) is 2.59. The lowest BCUT2D eigenvalue weighted by Gasteiger charge is -2.06. The fraction of sp³-hybridized carbons (Fsp3) is 0.158. The number of hydrogen-bond acceptors (Lipinski definition) is 3. The number of carbonyl (C=O) groups is 1. The summed E-state index contributed by atoms with van der Waals surface area (Å²) >= 11 is 5.93. The average molecular weight is 359 g/mol. The molecule has 0 bridgehead atoms. The molecule has 0 atom stereocenters. The first-order valence-electron chi connectivity index (χ1n) is 7.75. The molecule has 1 amide bonds. The van der Waals surface area contributed by atoms with Crippen LogP contribution in [0.3, 0.4) is 0 Å². The van der Waals surface area contributed by atoms with Crippen molar-refractivity contribution in [2.75, 3.05) is 0 Å². The van der Waals surface area contributed by atoms with Crippen molar-refractivity contribution in [3.05, 3.63) is 76.2 Å². The minimum Gasteiger partial charge on any atom is -0.356 e. The van der Waals surface area contributed by atoms with Crippen molar-refractivity contribution in [3.8, 4) is 11.3 Å². The van der Waals surface area contributed by atoms with Crippen LogP contribution >= 0.6 is 11.6 Å². The molecule has 0 spiro atoms. The van der Waals surface area contributed by atoms with E-state index in [9.17, 15) is 9.18 Å². The van der Waals surface area contributed by atoms with E-state index >= 15 is 0 Å². The molecule has 1 aromatic heterocycles. The zero-order valence-corrected chi connectivity index (χ0v) is 14.3. The fourth-order valence-electron chi connectivity index (χ4n) is 2.36. The summed E-state index contributed by atoms with van der Waals surface area (Å²) < 4.78 is 19.0. The van der Waals surface area contributed by atoms with Gasteiger partial charge in [-0.3, -0.25) is 4.79 Å². The van der Waals surface area contributed by atoms with Crippen LogP contribution in [0.1, 0.15) is 16.8 Å². The molecule has 0 saturated carbocycles. The zero-order valence-electron chi connectivity index (χ0n) is 13.6. The predicted molar refractivity (Wildman–Crippen MR) is 93.6 cm³/mol. The molecule has 0 radical (unpaired) electrons. The molecule has 0 unspecified atom stereocenters. The van der Waals surface area contributed by atoms with Gasteiger partial charge in [-0.15, -0.1) is 0 Å². The van der Waals surface area contributed by atoms with Crippen molar-refractivity contribution in [1.29, 1.82) is 0 Å². The summed E-state index contributed by atoms with van der Waals surface area (Å²) in [5, 5.41) is 6.86. The molecule has 2 aromatic carbocycles. The Hall–Kier alpha value is -2.66. The topological polar surface area (TPSA) is 55.1 Å². The van der Waals surface area contributed by atoms with Crippen LogP contribution in [0.25, 0.3) is 11.3 Å². The van der Waals surface area contributed by atoms with Crippen LogP contribution in [0.2, 0.25) is 5.02 Å². The van der Waals surface area contributed by atoms with E-state index in [-0.39, 0.29) is 29.5 Å². The molecule has 3 aromatic rings. The lowest BCUT2D eigenvalue weighted by Crippen LogP contribution is -2.25. The number of rotatable bonds is 5. The normalized spacial score (nSPS) is 10.7. The summed E-state index contributed by atoms with van der Waals surface area (Å²) in [6.45, 7) is 2.20. The van der Waals surface area contributed by atoms with Gasteiger partial charge in [-0.05, 0) is 19.1 Å². The van der Waals surface area contributed by atoms with Crippen LogP contribution in [0.4, 0.5) is 4.39 Å². The third-order valence-electron chi connectivity index (χ3n) is 3.76. The summed E-state index contributed by atoms with van der Waals surface area (Å²) in [6, 6.07) is 14.0. The zero-order chi connectivity index (χ0) is 17.8. The molecule has 128 valence electrons. The van der Waals surface area contributed by atoms with Gasteiger partial charge < -0.3 is 9.84 Å². The van der Waals surface area contributed by atoms with Crippen LogP contribution in [-0.4, -0.2) is 11.1 Å². The largest absolute Gasteiger partial charge is 0.356 e. The van der Waals surface area contributed by atoms with Crippen molar-refractivity contribution < 1.29 is 13.7 Å². The highest BCUT2D eigenvalue weighted by Crippen LogP contribution is 2.21. The maximum atomic E-state index is 13.7. The molecule has 0 saturated heterocycles. The third-order valence-corrected chi connectivity index (χ3v) is 4.11. The first-order chi connectivity index (χ1) is 12.0. The number of amides is 1. The molecular weight excluding hydrogens is 343 g/mol. The number of hydrogen-bond donors (Lipinski definition) is 1. The Balaban J connectivity index is 1.60. The van der Waals surface area contributed by atoms with Crippen molar-refractivity contribution in [2.24, 2.45) is 0 Å². The molecule has 0 aliphatic carbocycles. The first-order valence-corrected chi connectivity index (χ1v) is 8.13. The van der Waals surface area contributed by atoms with Gasteiger partial charge in [0.05, 0.1) is 13.0 Å². The number of nitrogens with one attached hydrogen (secondary N) is 1. The summed E-state index contributed by atoms with van der Waals surface area (Å²) in [4.78, 5) is 12.0. The van der Waals surface area contributed by atoms with Crippen LogP contribution in [0.15, 0.2) is 53.1 Å². The Labute approximate surface area is 149 Å². The number of benzene rings is 2. The molecule has 25 heavy (non-hydrogen) atoms. The Bertz CT molecular complexity index is 870. The van der Waals surface area contributed by atoms with Crippen LogP contribution < -0.4 is 5.32 Å². The molecule has 0 fully saturated rings. The standard InChI is InChI=1S/C19H16ClFN2O2/c1-12-5-7-13(8-6-12)18-9-14(23-25-18)11-22-19(24)10-15-16(20)3-2-4-17(15)21/h2-9H,10-11H2,1H3,(H,22,24). The van der Waals surface area contributed by atoms with Gasteiger partial charge in [-0.1, -0.05) is 52.7 Å². The minimum absolute atomic E-state index is 0.131. The molecule has 4 nitrogen and oxygen atoms in total. The van der Waals surface area contributed by atoms with E-state index in [1.54, 1.807) is 12.1 Å². The van der Waals surface area contributed by atoms with E-state index < -0.39 is 5.82 Å². The van der Waals surface area contributed by atoms with Gasteiger partial charge in [0.25, 0.3) is 0 Å². The third kappa shape index (κ3) is 4.25. The van der Waals surface area contributed by atoms with Gasteiger partial charge in [0.15, 0.2) is 5.76 Å². The highest BCUT2D eigenvalue weighted by atomic mass is 35.5. The van der Waals surface area contributed by atoms with Crippen molar-refractivity contribution >= 4 is 17.5 Å². The first kappa shape index (κ1) is 17.2. The smallest absolute Gasteiger partial charge is 0.224 e. The molecule has 1 heterocycles.